The minimum Gasteiger partial charge on any atom is -0.360 e. The maximum atomic E-state index is 12.6. The van der Waals surface area contributed by atoms with Gasteiger partial charge < -0.3 is 20.1 Å². The lowest BCUT2D eigenvalue weighted by atomic mass is 10.1. The van der Waals surface area contributed by atoms with Crippen LogP contribution in [0.15, 0.2) is 10.6 Å². The number of fused-ring (bicyclic) bond motifs is 2. The fraction of sp³-hybridized carbons (Fsp3) is 0.688. The second-order valence-electron chi connectivity index (χ2n) is 6.44. The van der Waals surface area contributed by atoms with Crippen LogP contribution in [0.25, 0.3) is 0 Å². The number of halogens is 1. The van der Waals surface area contributed by atoms with Crippen molar-refractivity contribution in [3.05, 3.63) is 11.8 Å². The fourth-order valence-electron chi connectivity index (χ4n) is 3.39. The first-order chi connectivity index (χ1) is 11.5. The van der Waals surface area contributed by atoms with E-state index in [-0.39, 0.29) is 29.5 Å². The standard InChI is InChI=1S/C16H24N4O3S.ClH/c1-10-7-14(19-23-10)18-16(22)11(2)24-9-15(21)20-12-3-4-13(20)8-17-6-5-12;/h7,11-13,17H,3-6,8-9H2,1-2H3,(H,18,19,22);1H. The summed E-state index contributed by atoms with van der Waals surface area (Å²) in [5.74, 6) is 1.37. The van der Waals surface area contributed by atoms with Gasteiger partial charge in [0.15, 0.2) is 5.82 Å². The number of aryl methyl sites for hydroxylation is 1. The molecule has 140 valence electrons. The van der Waals surface area contributed by atoms with Crippen LogP contribution in [-0.2, 0) is 9.59 Å². The third kappa shape index (κ3) is 4.89. The summed E-state index contributed by atoms with van der Waals surface area (Å²) in [5, 5.41) is 9.52. The van der Waals surface area contributed by atoms with Gasteiger partial charge in [0.25, 0.3) is 0 Å². The number of rotatable bonds is 5. The fourth-order valence-corrected chi connectivity index (χ4v) is 4.14. The Balaban J connectivity index is 0.00000225. The summed E-state index contributed by atoms with van der Waals surface area (Å²) in [6.45, 7) is 5.44. The maximum absolute atomic E-state index is 12.6. The molecule has 7 nitrogen and oxygen atoms in total. The van der Waals surface area contributed by atoms with Gasteiger partial charge in [-0.25, -0.2) is 0 Å². The van der Waals surface area contributed by atoms with Gasteiger partial charge in [0.2, 0.25) is 11.8 Å². The number of nitrogens with one attached hydrogen (secondary N) is 2. The van der Waals surface area contributed by atoms with Crippen LogP contribution in [0.4, 0.5) is 5.82 Å². The number of carbonyl (C=O) groups is 2. The zero-order valence-electron chi connectivity index (χ0n) is 14.5. The number of anilines is 1. The Bertz CT molecular complexity index is 598. The lowest BCUT2D eigenvalue weighted by Gasteiger charge is -2.28. The van der Waals surface area contributed by atoms with Gasteiger partial charge in [-0.3, -0.25) is 9.59 Å². The monoisotopic (exact) mass is 388 g/mol. The van der Waals surface area contributed by atoms with Crippen molar-refractivity contribution < 1.29 is 14.1 Å². The lowest BCUT2D eigenvalue weighted by molar-refractivity contribution is -0.130. The minimum absolute atomic E-state index is 0. The Kier molecular flexibility index (Phi) is 7.15. The molecule has 0 aliphatic carbocycles. The molecule has 0 spiro atoms. The summed E-state index contributed by atoms with van der Waals surface area (Å²) in [6, 6.07) is 2.34. The van der Waals surface area contributed by atoms with Gasteiger partial charge in [-0.2, -0.15) is 0 Å². The van der Waals surface area contributed by atoms with Crippen LogP contribution in [0.3, 0.4) is 0 Å². The summed E-state index contributed by atoms with van der Waals surface area (Å²) >= 11 is 1.37. The van der Waals surface area contributed by atoms with Crippen molar-refractivity contribution in [1.29, 1.82) is 0 Å². The summed E-state index contributed by atoms with van der Waals surface area (Å²) in [5.41, 5.74) is 0. The van der Waals surface area contributed by atoms with E-state index >= 15 is 0 Å². The van der Waals surface area contributed by atoms with Crippen molar-refractivity contribution in [2.75, 3.05) is 24.2 Å². The molecule has 0 radical (unpaired) electrons. The highest BCUT2D eigenvalue weighted by Crippen LogP contribution is 2.29. The number of amides is 2. The van der Waals surface area contributed by atoms with Gasteiger partial charge in [0, 0.05) is 24.7 Å². The van der Waals surface area contributed by atoms with E-state index in [1.165, 1.54) is 11.8 Å². The van der Waals surface area contributed by atoms with Gasteiger partial charge in [0.05, 0.1) is 11.0 Å². The predicted molar refractivity (Wildman–Crippen MR) is 100 cm³/mol. The van der Waals surface area contributed by atoms with Crippen LogP contribution < -0.4 is 10.6 Å². The average Bonchev–Trinajstić information content (AvgIpc) is 3.06. The van der Waals surface area contributed by atoms with Gasteiger partial charge in [-0.1, -0.05) is 5.16 Å². The van der Waals surface area contributed by atoms with Crippen molar-refractivity contribution in [2.24, 2.45) is 0 Å². The van der Waals surface area contributed by atoms with Crippen molar-refractivity contribution >= 4 is 41.8 Å². The van der Waals surface area contributed by atoms with E-state index in [2.05, 4.69) is 20.7 Å². The molecule has 2 N–H and O–H groups in total. The number of hydrogen-bond donors (Lipinski definition) is 2. The van der Waals surface area contributed by atoms with Crippen LogP contribution in [0.5, 0.6) is 0 Å². The highest BCUT2D eigenvalue weighted by molar-refractivity contribution is 8.01. The molecule has 9 heteroatoms. The lowest BCUT2D eigenvalue weighted by Crippen LogP contribution is -2.43. The second-order valence-corrected chi connectivity index (χ2v) is 7.77. The molecule has 0 saturated carbocycles. The smallest absolute Gasteiger partial charge is 0.238 e. The normalized spacial score (nSPS) is 23.5. The molecular weight excluding hydrogens is 364 g/mol. The Morgan fingerprint density at radius 2 is 2.20 bits per heavy atom. The zero-order valence-corrected chi connectivity index (χ0v) is 16.1. The first kappa shape index (κ1) is 20.1. The van der Waals surface area contributed by atoms with Crippen LogP contribution in [-0.4, -0.2) is 58.0 Å². The first-order valence-corrected chi connectivity index (χ1v) is 9.47. The molecule has 3 heterocycles. The Labute approximate surface area is 158 Å². The molecule has 2 aliphatic heterocycles. The van der Waals surface area contributed by atoms with Crippen molar-refractivity contribution in [2.45, 2.75) is 50.4 Å². The molecule has 2 saturated heterocycles. The largest absolute Gasteiger partial charge is 0.360 e. The molecule has 2 amide bonds. The summed E-state index contributed by atoms with van der Waals surface area (Å²) in [6.07, 6.45) is 3.20. The maximum Gasteiger partial charge on any atom is 0.238 e. The van der Waals surface area contributed by atoms with Gasteiger partial charge in [0.1, 0.15) is 5.76 Å². The van der Waals surface area contributed by atoms with E-state index < -0.39 is 0 Å². The van der Waals surface area contributed by atoms with E-state index in [0.717, 1.165) is 32.4 Å². The number of carbonyl (C=O) groups excluding carboxylic acids is 2. The zero-order chi connectivity index (χ0) is 17.1. The highest BCUT2D eigenvalue weighted by Gasteiger charge is 2.37. The van der Waals surface area contributed by atoms with Gasteiger partial charge >= 0.3 is 0 Å². The first-order valence-electron chi connectivity index (χ1n) is 8.42. The van der Waals surface area contributed by atoms with E-state index in [1.54, 1.807) is 19.9 Å². The van der Waals surface area contributed by atoms with E-state index in [0.29, 0.717) is 29.4 Å². The molecule has 1 aromatic rings. The van der Waals surface area contributed by atoms with Crippen LogP contribution in [0.2, 0.25) is 0 Å². The summed E-state index contributed by atoms with van der Waals surface area (Å²) in [4.78, 5) is 26.8. The third-order valence-electron chi connectivity index (χ3n) is 4.65. The van der Waals surface area contributed by atoms with E-state index in [4.69, 9.17) is 4.52 Å². The average molecular weight is 389 g/mol. The van der Waals surface area contributed by atoms with E-state index in [9.17, 15) is 9.59 Å². The SMILES string of the molecule is Cc1cc(NC(=O)C(C)SCC(=O)N2C3CCNCC2CC3)no1.Cl. The predicted octanol–water partition coefficient (Wildman–Crippen LogP) is 1.82. The topological polar surface area (TPSA) is 87.5 Å². The molecule has 3 atom stereocenters. The molecule has 3 unspecified atom stereocenters. The van der Waals surface area contributed by atoms with Crippen molar-refractivity contribution in [1.82, 2.24) is 15.4 Å². The quantitative estimate of drug-likeness (QED) is 0.800. The molecular formula is C16H25ClN4O3S. The van der Waals surface area contributed by atoms with E-state index in [1.807, 2.05) is 0 Å². The molecule has 2 aliphatic rings. The second kappa shape index (κ2) is 8.91. The molecule has 3 rings (SSSR count). The number of hydrogen-bond acceptors (Lipinski definition) is 6. The van der Waals surface area contributed by atoms with Crippen molar-refractivity contribution in [3.63, 3.8) is 0 Å². The van der Waals surface area contributed by atoms with Crippen LogP contribution in [0, 0.1) is 6.92 Å². The minimum atomic E-state index is -0.325. The summed E-state index contributed by atoms with van der Waals surface area (Å²) < 4.78 is 4.93. The molecule has 2 bridgehead atoms. The van der Waals surface area contributed by atoms with Crippen LogP contribution >= 0.6 is 24.2 Å². The Hall–Kier alpha value is -1.25. The molecule has 0 aromatic carbocycles. The Morgan fingerprint density at radius 3 is 2.92 bits per heavy atom. The summed E-state index contributed by atoms with van der Waals surface area (Å²) in [7, 11) is 0. The number of aromatic nitrogens is 1. The molecule has 25 heavy (non-hydrogen) atoms. The Morgan fingerprint density at radius 1 is 1.44 bits per heavy atom. The number of nitrogens with zero attached hydrogens (tertiary/aromatic N) is 2. The molecule has 1 aromatic heterocycles. The third-order valence-corrected chi connectivity index (χ3v) is 5.78. The van der Waals surface area contributed by atoms with Crippen LogP contribution in [0.1, 0.15) is 31.9 Å². The number of thioether (sulfide) groups is 1. The van der Waals surface area contributed by atoms with Gasteiger partial charge in [-0.15, -0.1) is 24.2 Å². The van der Waals surface area contributed by atoms with Crippen molar-refractivity contribution in [3.8, 4) is 0 Å². The van der Waals surface area contributed by atoms with Gasteiger partial charge in [-0.05, 0) is 39.7 Å². The highest BCUT2D eigenvalue weighted by atomic mass is 35.5. The molecule has 2 fully saturated rings.